The number of rotatable bonds is 10. The van der Waals surface area contributed by atoms with E-state index in [0.29, 0.717) is 24.4 Å². The predicted molar refractivity (Wildman–Crippen MR) is 103 cm³/mol. The number of aliphatic carboxylic acids is 2. The molecule has 0 heterocycles. The van der Waals surface area contributed by atoms with E-state index in [0.717, 1.165) is 5.56 Å². The number of amides is 2. The number of hydrogen-bond donors (Lipinski definition) is 3. The van der Waals surface area contributed by atoms with Gasteiger partial charge in [0.2, 0.25) is 0 Å². The van der Waals surface area contributed by atoms with E-state index in [1.165, 1.54) is 11.8 Å². The van der Waals surface area contributed by atoms with E-state index in [9.17, 15) is 19.5 Å². The van der Waals surface area contributed by atoms with Crippen molar-refractivity contribution in [1.82, 2.24) is 10.2 Å². The Morgan fingerprint density at radius 2 is 1.63 bits per heavy atom. The van der Waals surface area contributed by atoms with Gasteiger partial charge < -0.3 is 20.4 Å². The lowest BCUT2D eigenvalue weighted by atomic mass is 9.98. The smallest absolute Gasteiger partial charge is 0.325 e. The number of benzene rings is 1. The van der Waals surface area contributed by atoms with E-state index < -0.39 is 29.9 Å². The molecule has 0 saturated heterocycles. The highest BCUT2D eigenvalue weighted by Crippen LogP contribution is 2.16. The molecule has 8 heteroatoms. The Hall–Kier alpha value is -2.28. The largest absolute Gasteiger partial charge is 0.481 e. The molecule has 0 bridgehead atoms. The van der Waals surface area contributed by atoms with Crippen LogP contribution >= 0.6 is 11.6 Å². The molecule has 0 fully saturated rings. The normalized spacial score (nSPS) is 13.1. The van der Waals surface area contributed by atoms with Gasteiger partial charge in [0.05, 0.1) is 5.92 Å². The van der Waals surface area contributed by atoms with Crippen LogP contribution in [0.5, 0.6) is 0 Å². The molecular weight excluding hydrogens is 372 g/mol. The molecule has 0 radical (unpaired) electrons. The van der Waals surface area contributed by atoms with Crippen molar-refractivity contribution >= 4 is 29.6 Å². The van der Waals surface area contributed by atoms with Crippen LogP contribution in [-0.2, 0) is 16.0 Å². The van der Waals surface area contributed by atoms with Gasteiger partial charge in [0.1, 0.15) is 6.04 Å². The first-order valence-corrected chi connectivity index (χ1v) is 9.23. The second-order valence-corrected chi connectivity index (χ2v) is 7.44. The summed E-state index contributed by atoms with van der Waals surface area (Å²) in [6, 6.07) is 5.56. The molecule has 2 unspecified atom stereocenters. The molecule has 0 aromatic heterocycles. The molecule has 0 saturated carbocycles. The van der Waals surface area contributed by atoms with Crippen LogP contribution in [-0.4, -0.2) is 52.2 Å². The maximum atomic E-state index is 12.4. The van der Waals surface area contributed by atoms with Gasteiger partial charge in [-0.3, -0.25) is 9.59 Å². The third-order valence-corrected chi connectivity index (χ3v) is 4.32. The van der Waals surface area contributed by atoms with E-state index in [4.69, 9.17) is 16.7 Å². The van der Waals surface area contributed by atoms with E-state index in [2.05, 4.69) is 5.32 Å². The van der Waals surface area contributed by atoms with Crippen LogP contribution in [0.15, 0.2) is 24.3 Å². The minimum Gasteiger partial charge on any atom is -0.481 e. The van der Waals surface area contributed by atoms with Gasteiger partial charge in [0.15, 0.2) is 0 Å². The molecule has 7 nitrogen and oxygen atoms in total. The summed E-state index contributed by atoms with van der Waals surface area (Å²) in [5.41, 5.74) is 0.963. The molecular formula is C19H27ClN2O5. The number of aryl methyl sites for hydroxylation is 1. The number of hydrogen-bond acceptors (Lipinski definition) is 3. The van der Waals surface area contributed by atoms with E-state index in [1.807, 2.05) is 26.0 Å². The molecule has 0 spiro atoms. The fourth-order valence-electron chi connectivity index (χ4n) is 2.57. The molecule has 1 aromatic carbocycles. The van der Waals surface area contributed by atoms with Crippen LogP contribution in [0, 0.1) is 11.8 Å². The van der Waals surface area contributed by atoms with E-state index in [1.54, 1.807) is 12.1 Å². The van der Waals surface area contributed by atoms with Crippen LogP contribution in [0.1, 0.15) is 32.8 Å². The van der Waals surface area contributed by atoms with Gasteiger partial charge in [0.25, 0.3) is 0 Å². The highest BCUT2D eigenvalue weighted by molar-refractivity contribution is 6.30. The van der Waals surface area contributed by atoms with Crippen molar-refractivity contribution < 1.29 is 24.6 Å². The molecule has 3 N–H and O–H groups in total. The Kier molecular flexibility index (Phi) is 9.08. The highest BCUT2D eigenvalue weighted by atomic mass is 35.5. The van der Waals surface area contributed by atoms with Crippen LogP contribution in [0.2, 0.25) is 5.02 Å². The van der Waals surface area contributed by atoms with Gasteiger partial charge in [-0.15, -0.1) is 0 Å². The monoisotopic (exact) mass is 398 g/mol. The minimum atomic E-state index is -1.15. The molecule has 27 heavy (non-hydrogen) atoms. The number of carbonyl (C=O) groups excluding carboxylic acids is 1. The van der Waals surface area contributed by atoms with Crippen LogP contribution in [0.3, 0.4) is 0 Å². The molecule has 2 amide bonds. The summed E-state index contributed by atoms with van der Waals surface area (Å²) in [6.07, 6.45) is 0.893. The summed E-state index contributed by atoms with van der Waals surface area (Å²) >= 11 is 5.85. The number of nitrogens with zero attached hydrogens (tertiary/aromatic N) is 1. The van der Waals surface area contributed by atoms with Crippen LogP contribution in [0.25, 0.3) is 0 Å². The van der Waals surface area contributed by atoms with Crippen molar-refractivity contribution in [2.45, 2.75) is 39.7 Å². The fourth-order valence-corrected chi connectivity index (χ4v) is 2.70. The lowest BCUT2D eigenvalue weighted by molar-refractivity contribution is -0.142. The van der Waals surface area contributed by atoms with Crippen molar-refractivity contribution in [3.63, 3.8) is 0 Å². The molecule has 2 atom stereocenters. The van der Waals surface area contributed by atoms with Crippen molar-refractivity contribution in [2.75, 3.05) is 13.1 Å². The lowest BCUT2D eigenvalue weighted by Crippen LogP contribution is -2.49. The number of carbonyl (C=O) groups is 3. The number of urea groups is 1. The average Bonchev–Trinajstić information content (AvgIpc) is 2.58. The summed E-state index contributed by atoms with van der Waals surface area (Å²) in [5.74, 6) is -2.78. The maximum Gasteiger partial charge on any atom is 0.325 e. The standard InChI is InChI=1S/C19H27ClN2O5/c1-12(2)10-22(19(27)21-13(3)17(23)24)11-15(18(25)26)7-4-14-5-8-16(20)9-6-14/h5-6,8-9,12-13,15H,4,7,10-11H2,1-3H3,(H,21,27)(H,23,24)(H,25,26). The highest BCUT2D eigenvalue weighted by Gasteiger charge is 2.26. The van der Waals surface area contributed by atoms with Crippen molar-refractivity contribution in [3.8, 4) is 0 Å². The maximum absolute atomic E-state index is 12.4. The quantitative estimate of drug-likeness (QED) is 0.561. The first-order chi connectivity index (χ1) is 12.6. The Bertz CT molecular complexity index is 648. The summed E-state index contributed by atoms with van der Waals surface area (Å²) in [4.78, 5) is 36.4. The molecule has 0 aliphatic carbocycles. The Morgan fingerprint density at radius 3 is 2.11 bits per heavy atom. The molecule has 0 aliphatic rings. The zero-order chi connectivity index (χ0) is 20.6. The Morgan fingerprint density at radius 1 is 1.04 bits per heavy atom. The van der Waals surface area contributed by atoms with Gasteiger partial charge in [-0.2, -0.15) is 0 Å². The van der Waals surface area contributed by atoms with Crippen LogP contribution in [0.4, 0.5) is 4.79 Å². The van der Waals surface area contributed by atoms with Gasteiger partial charge in [0, 0.05) is 18.1 Å². The Labute approximate surface area is 164 Å². The fraction of sp³-hybridized carbons (Fsp3) is 0.526. The van der Waals surface area contributed by atoms with Crippen molar-refractivity contribution in [3.05, 3.63) is 34.9 Å². The zero-order valence-electron chi connectivity index (χ0n) is 15.8. The van der Waals surface area contributed by atoms with Gasteiger partial charge in [-0.25, -0.2) is 4.79 Å². The summed E-state index contributed by atoms with van der Waals surface area (Å²) in [6.45, 7) is 5.53. The third kappa shape index (κ3) is 8.30. The number of halogens is 1. The van der Waals surface area contributed by atoms with Crippen molar-refractivity contribution in [2.24, 2.45) is 11.8 Å². The first kappa shape index (κ1) is 22.8. The summed E-state index contributed by atoms with van der Waals surface area (Å²) < 4.78 is 0. The second kappa shape index (κ2) is 10.8. The van der Waals surface area contributed by atoms with Crippen LogP contribution < -0.4 is 5.32 Å². The molecule has 1 aromatic rings. The zero-order valence-corrected chi connectivity index (χ0v) is 16.6. The number of carboxylic acid groups (broad SMARTS) is 2. The lowest BCUT2D eigenvalue weighted by Gasteiger charge is -2.28. The van der Waals surface area contributed by atoms with Gasteiger partial charge >= 0.3 is 18.0 Å². The second-order valence-electron chi connectivity index (χ2n) is 7.01. The van der Waals surface area contributed by atoms with Crippen molar-refractivity contribution in [1.29, 1.82) is 0 Å². The van der Waals surface area contributed by atoms with Gasteiger partial charge in [-0.05, 0) is 43.4 Å². The Balaban J connectivity index is 2.79. The van der Waals surface area contributed by atoms with Gasteiger partial charge in [-0.1, -0.05) is 37.6 Å². The molecule has 0 aliphatic heterocycles. The number of nitrogens with one attached hydrogen (secondary N) is 1. The number of carboxylic acids is 2. The average molecular weight is 399 g/mol. The minimum absolute atomic E-state index is 0.0132. The summed E-state index contributed by atoms with van der Waals surface area (Å²) in [7, 11) is 0. The molecule has 1 rings (SSSR count). The predicted octanol–water partition coefficient (Wildman–Crippen LogP) is 3.11. The topological polar surface area (TPSA) is 107 Å². The third-order valence-electron chi connectivity index (χ3n) is 4.07. The summed E-state index contributed by atoms with van der Waals surface area (Å²) in [5, 5.41) is 21.5. The first-order valence-electron chi connectivity index (χ1n) is 8.85. The van der Waals surface area contributed by atoms with E-state index in [-0.39, 0.29) is 12.5 Å². The SMILES string of the molecule is CC(C)CN(CC(CCc1ccc(Cl)cc1)C(=O)O)C(=O)NC(C)C(=O)O. The van der Waals surface area contributed by atoms with E-state index >= 15 is 0 Å². The molecule has 150 valence electrons.